The summed E-state index contributed by atoms with van der Waals surface area (Å²) in [7, 11) is 0. The second kappa shape index (κ2) is 7.19. The molecule has 0 radical (unpaired) electrons. The fourth-order valence-electron chi connectivity index (χ4n) is 2.62. The van der Waals surface area contributed by atoms with Crippen molar-refractivity contribution in [2.24, 2.45) is 0 Å². The van der Waals surface area contributed by atoms with Crippen molar-refractivity contribution >= 4 is 11.9 Å². The van der Waals surface area contributed by atoms with Gasteiger partial charge in [0.15, 0.2) is 5.82 Å². The minimum absolute atomic E-state index is 0.142. The number of H-pyrrole nitrogens is 1. The molecule has 5 nitrogen and oxygen atoms in total. The molecule has 0 spiro atoms. The highest BCUT2D eigenvalue weighted by atomic mass is 19.1. The van der Waals surface area contributed by atoms with E-state index in [9.17, 15) is 9.18 Å². The number of halogens is 1. The first-order valence-corrected chi connectivity index (χ1v) is 7.65. The largest absolute Gasteiger partial charge is 0.349 e. The van der Waals surface area contributed by atoms with Crippen molar-refractivity contribution in [1.82, 2.24) is 14.9 Å². The zero-order valence-corrected chi connectivity index (χ0v) is 12.8. The summed E-state index contributed by atoms with van der Waals surface area (Å²) in [6.07, 6.45) is 7.22. The van der Waals surface area contributed by atoms with Gasteiger partial charge in [-0.15, -0.1) is 0 Å². The molecule has 0 bridgehead atoms. The van der Waals surface area contributed by atoms with E-state index in [-0.39, 0.29) is 11.4 Å². The molecule has 3 rings (SSSR count). The second-order valence-electron chi connectivity index (χ2n) is 5.48. The Balaban J connectivity index is 1.50. The molecule has 1 saturated heterocycles. The van der Waals surface area contributed by atoms with Gasteiger partial charge < -0.3 is 9.88 Å². The maximum absolute atomic E-state index is 12.8. The molecule has 6 heteroatoms. The van der Waals surface area contributed by atoms with Crippen molar-refractivity contribution in [3.63, 3.8) is 0 Å². The number of nitrogens with zero attached hydrogens (tertiary/aromatic N) is 3. The third kappa shape index (κ3) is 4.04. The Kier molecular flexibility index (Phi) is 4.83. The topological polar surface area (TPSA) is 52.2 Å². The Morgan fingerprint density at radius 3 is 2.61 bits per heavy atom. The molecular formula is C17H19FN4O. The second-order valence-corrected chi connectivity index (χ2v) is 5.48. The van der Waals surface area contributed by atoms with Crippen molar-refractivity contribution in [1.29, 1.82) is 0 Å². The molecule has 1 N–H and O–H groups in total. The Labute approximate surface area is 134 Å². The molecule has 1 aromatic carbocycles. The van der Waals surface area contributed by atoms with E-state index in [2.05, 4.69) is 20.9 Å². The number of hydrogen-bond donors (Lipinski definition) is 1. The van der Waals surface area contributed by atoms with Crippen LogP contribution in [0, 0.1) is 5.82 Å². The van der Waals surface area contributed by atoms with Gasteiger partial charge in [0, 0.05) is 45.1 Å². The van der Waals surface area contributed by atoms with Gasteiger partial charge in [-0.1, -0.05) is 24.3 Å². The summed E-state index contributed by atoms with van der Waals surface area (Å²) in [5.74, 6) is 0.275. The SMILES string of the molecule is O=c1[nH]ccnc1N1CCN(C/C=C/c2ccc(F)cc2)CC1. The first kappa shape index (κ1) is 15.4. The lowest BCUT2D eigenvalue weighted by molar-refractivity contribution is 0.283. The lowest BCUT2D eigenvalue weighted by atomic mass is 10.2. The summed E-state index contributed by atoms with van der Waals surface area (Å²) in [6, 6.07) is 6.44. The number of anilines is 1. The third-order valence-corrected chi connectivity index (χ3v) is 3.90. The Bertz CT molecular complexity index is 718. The molecule has 0 atom stereocenters. The minimum Gasteiger partial charge on any atom is -0.349 e. The molecule has 2 heterocycles. The maximum atomic E-state index is 12.8. The molecule has 2 aromatic rings. The van der Waals surface area contributed by atoms with Crippen molar-refractivity contribution < 1.29 is 4.39 Å². The number of nitrogens with one attached hydrogen (secondary N) is 1. The van der Waals surface area contributed by atoms with Crippen LogP contribution in [0.15, 0.2) is 47.5 Å². The molecule has 120 valence electrons. The lowest BCUT2D eigenvalue weighted by Crippen LogP contribution is -2.48. The van der Waals surface area contributed by atoms with Crippen LogP contribution in [0.25, 0.3) is 6.08 Å². The molecule has 0 unspecified atom stereocenters. The van der Waals surface area contributed by atoms with E-state index >= 15 is 0 Å². The van der Waals surface area contributed by atoms with E-state index in [1.54, 1.807) is 24.5 Å². The van der Waals surface area contributed by atoms with E-state index in [0.717, 1.165) is 38.3 Å². The van der Waals surface area contributed by atoms with Crippen LogP contribution in [0.1, 0.15) is 5.56 Å². The van der Waals surface area contributed by atoms with E-state index in [1.165, 1.54) is 12.1 Å². The molecule has 0 aliphatic carbocycles. The summed E-state index contributed by atoms with van der Waals surface area (Å²) >= 11 is 0. The predicted molar refractivity (Wildman–Crippen MR) is 88.9 cm³/mol. The molecule has 1 fully saturated rings. The summed E-state index contributed by atoms with van der Waals surface area (Å²) in [5, 5.41) is 0. The smallest absolute Gasteiger partial charge is 0.290 e. The average Bonchev–Trinajstić information content (AvgIpc) is 2.58. The van der Waals surface area contributed by atoms with Crippen LogP contribution in [0.2, 0.25) is 0 Å². The van der Waals surface area contributed by atoms with Crippen LogP contribution in [0.5, 0.6) is 0 Å². The quantitative estimate of drug-likeness (QED) is 0.934. The average molecular weight is 314 g/mol. The van der Waals surface area contributed by atoms with Crippen molar-refractivity contribution in [2.75, 3.05) is 37.6 Å². The van der Waals surface area contributed by atoms with Gasteiger partial charge in [-0.2, -0.15) is 0 Å². The molecule has 1 aliphatic rings. The van der Waals surface area contributed by atoms with E-state index in [4.69, 9.17) is 0 Å². The van der Waals surface area contributed by atoms with Gasteiger partial charge in [0.05, 0.1) is 0 Å². The van der Waals surface area contributed by atoms with Gasteiger partial charge in [-0.25, -0.2) is 9.37 Å². The molecule has 0 amide bonds. The standard InChI is InChI=1S/C17H19FN4O/c18-15-5-3-14(4-6-15)2-1-9-21-10-12-22(13-11-21)16-17(23)20-8-7-19-16/h1-8H,9-13H2,(H,20,23)/b2-1+. The van der Waals surface area contributed by atoms with Crippen molar-refractivity contribution in [3.05, 3.63) is 64.5 Å². The van der Waals surface area contributed by atoms with Gasteiger partial charge in [0.1, 0.15) is 5.82 Å². The van der Waals surface area contributed by atoms with Crippen LogP contribution in [0.3, 0.4) is 0 Å². The van der Waals surface area contributed by atoms with Crippen LogP contribution in [-0.4, -0.2) is 47.6 Å². The zero-order chi connectivity index (χ0) is 16.1. The number of hydrogen-bond acceptors (Lipinski definition) is 4. The Hall–Kier alpha value is -2.47. The van der Waals surface area contributed by atoms with E-state index < -0.39 is 0 Å². The Morgan fingerprint density at radius 2 is 1.91 bits per heavy atom. The lowest BCUT2D eigenvalue weighted by Gasteiger charge is -2.34. The summed E-state index contributed by atoms with van der Waals surface area (Å²) in [5.41, 5.74) is 0.849. The summed E-state index contributed by atoms with van der Waals surface area (Å²) < 4.78 is 12.8. The van der Waals surface area contributed by atoms with Crippen molar-refractivity contribution in [3.8, 4) is 0 Å². The highest BCUT2D eigenvalue weighted by molar-refractivity contribution is 5.49. The number of rotatable bonds is 4. The fraction of sp³-hybridized carbons (Fsp3) is 0.294. The van der Waals surface area contributed by atoms with Gasteiger partial charge in [-0.3, -0.25) is 9.69 Å². The number of piperazine rings is 1. The maximum Gasteiger partial charge on any atom is 0.290 e. The van der Waals surface area contributed by atoms with Gasteiger partial charge in [0.25, 0.3) is 5.56 Å². The number of benzene rings is 1. The molecule has 23 heavy (non-hydrogen) atoms. The fourth-order valence-corrected chi connectivity index (χ4v) is 2.62. The van der Waals surface area contributed by atoms with Crippen LogP contribution in [-0.2, 0) is 0 Å². The number of aromatic amines is 1. The van der Waals surface area contributed by atoms with E-state index in [1.807, 2.05) is 11.0 Å². The monoisotopic (exact) mass is 314 g/mol. The highest BCUT2D eigenvalue weighted by Gasteiger charge is 2.18. The first-order chi connectivity index (χ1) is 11.2. The summed E-state index contributed by atoms with van der Waals surface area (Å²) in [6.45, 7) is 4.16. The Morgan fingerprint density at radius 1 is 1.17 bits per heavy atom. The van der Waals surface area contributed by atoms with Gasteiger partial charge >= 0.3 is 0 Å². The van der Waals surface area contributed by atoms with E-state index in [0.29, 0.717) is 5.82 Å². The first-order valence-electron chi connectivity index (χ1n) is 7.65. The third-order valence-electron chi connectivity index (χ3n) is 3.90. The zero-order valence-electron chi connectivity index (χ0n) is 12.8. The molecule has 1 aliphatic heterocycles. The van der Waals surface area contributed by atoms with Crippen LogP contribution >= 0.6 is 0 Å². The van der Waals surface area contributed by atoms with Gasteiger partial charge in [-0.05, 0) is 17.7 Å². The summed E-state index contributed by atoms with van der Waals surface area (Å²) in [4.78, 5) is 22.9. The number of aromatic nitrogens is 2. The molecular weight excluding hydrogens is 295 g/mol. The van der Waals surface area contributed by atoms with Crippen LogP contribution in [0.4, 0.5) is 10.2 Å². The molecule has 0 saturated carbocycles. The molecule has 1 aromatic heterocycles. The van der Waals surface area contributed by atoms with Crippen molar-refractivity contribution in [2.45, 2.75) is 0 Å². The highest BCUT2D eigenvalue weighted by Crippen LogP contribution is 2.09. The predicted octanol–water partition coefficient (Wildman–Crippen LogP) is 1.74. The van der Waals surface area contributed by atoms with Gasteiger partial charge in [0.2, 0.25) is 0 Å². The van der Waals surface area contributed by atoms with Crippen LogP contribution < -0.4 is 10.5 Å². The normalized spacial score (nSPS) is 16.1. The minimum atomic E-state index is -0.220.